The SMILES string of the molecule is CCC(O)C(C)=C=CCCc1ccccc1. The smallest absolute Gasteiger partial charge is 0.0818 e. The fourth-order valence-corrected chi connectivity index (χ4v) is 1.52. The minimum Gasteiger partial charge on any atom is -0.388 e. The van der Waals surface area contributed by atoms with E-state index in [-0.39, 0.29) is 6.10 Å². The van der Waals surface area contributed by atoms with Gasteiger partial charge in [0.2, 0.25) is 0 Å². The molecule has 1 N–H and O–H groups in total. The molecule has 1 atom stereocenters. The highest BCUT2D eigenvalue weighted by molar-refractivity contribution is 5.15. The average Bonchev–Trinajstić information content (AvgIpc) is 2.34. The van der Waals surface area contributed by atoms with Gasteiger partial charge in [0.05, 0.1) is 6.10 Å². The van der Waals surface area contributed by atoms with Gasteiger partial charge in [0.25, 0.3) is 0 Å². The molecule has 1 heteroatoms. The van der Waals surface area contributed by atoms with Crippen molar-refractivity contribution in [3.05, 3.63) is 53.3 Å². The molecular weight excluding hydrogens is 196 g/mol. The summed E-state index contributed by atoms with van der Waals surface area (Å²) in [7, 11) is 0. The second-order valence-electron chi connectivity index (χ2n) is 3.98. The Kier molecular flexibility index (Phi) is 5.63. The fourth-order valence-electron chi connectivity index (χ4n) is 1.52. The lowest BCUT2D eigenvalue weighted by molar-refractivity contribution is 0.207. The van der Waals surface area contributed by atoms with Crippen LogP contribution in [0.3, 0.4) is 0 Å². The first-order chi connectivity index (χ1) is 7.74. The predicted molar refractivity (Wildman–Crippen MR) is 68.3 cm³/mol. The Morgan fingerprint density at radius 3 is 2.69 bits per heavy atom. The maximum absolute atomic E-state index is 9.52. The third kappa shape index (κ3) is 4.48. The summed E-state index contributed by atoms with van der Waals surface area (Å²) in [5.41, 5.74) is 5.41. The zero-order chi connectivity index (χ0) is 11.8. The molecule has 0 saturated heterocycles. The Bertz CT molecular complexity index is 358. The largest absolute Gasteiger partial charge is 0.388 e. The molecule has 0 aliphatic rings. The maximum Gasteiger partial charge on any atom is 0.0818 e. The van der Waals surface area contributed by atoms with Gasteiger partial charge in [-0.1, -0.05) is 37.3 Å². The first-order valence-electron chi connectivity index (χ1n) is 5.87. The molecule has 1 unspecified atom stereocenters. The van der Waals surface area contributed by atoms with Crippen molar-refractivity contribution in [1.82, 2.24) is 0 Å². The maximum atomic E-state index is 9.52. The van der Waals surface area contributed by atoms with E-state index in [1.807, 2.05) is 26.0 Å². The Morgan fingerprint density at radius 2 is 2.06 bits per heavy atom. The van der Waals surface area contributed by atoms with Crippen LogP contribution in [0.2, 0.25) is 0 Å². The highest BCUT2D eigenvalue weighted by Gasteiger charge is 2.00. The first kappa shape index (κ1) is 12.8. The lowest BCUT2D eigenvalue weighted by Gasteiger charge is -2.03. The average molecular weight is 216 g/mol. The van der Waals surface area contributed by atoms with Crippen molar-refractivity contribution >= 4 is 0 Å². The Hall–Kier alpha value is -1.30. The van der Waals surface area contributed by atoms with Gasteiger partial charge in [-0.05, 0) is 43.4 Å². The molecular formula is C15H20O. The van der Waals surface area contributed by atoms with E-state index in [4.69, 9.17) is 0 Å². The van der Waals surface area contributed by atoms with E-state index in [9.17, 15) is 5.11 Å². The Balaban J connectivity index is 2.43. The number of benzene rings is 1. The molecule has 0 fully saturated rings. The summed E-state index contributed by atoms with van der Waals surface area (Å²) in [6, 6.07) is 10.4. The van der Waals surface area contributed by atoms with Crippen molar-refractivity contribution in [2.45, 2.75) is 39.2 Å². The molecule has 0 aliphatic heterocycles. The molecule has 1 nitrogen and oxygen atoms in total. The summed E-state index contributed by atoms with van der Waals surface area (Å²) < 4.78 is 0. The van der Waals surface area contributed by atoms with Crippen molar-refractivity contribution in [2.75, 3.05) is 0 Å². The van der Waals surface area contributed by atoms with Gasteiger partial charge in [-0.15, -0.1) is 5.73 Å². The number of hydrogen-bond acceptors (Lipinski definition) is 1. The lowest BCUT2D eigenvalue weighted by atomic mass is 10.1. The molecule has 0 radical (unpaired) electrons. The fraction of sp³-hybridized carbons (Fsp3) is 0.400. The number of aliphatic hydroxyl groups excluding tert-OH is 1. The second-order valence-corrected chi connectivity index (χ2v) is 3.98. The van der Waals surface area contributed by atoms with Crippen LogP contribution in [-0.2, 0) is 6.42 Å². The zero-order valence-electron chi connectivity index (χ0n) is 10.1. The summed E-state index contributed by atoms with van der Waals surface area (Å²) >= 11 is 0. The van der Waals surface area contributed by atoms with Crippen LogP contribution in [0.5, 0.6) is 0 Å². The van der Waals surface area contributed by atoms with Crippen LogP contribution in [0, 0.1) is 0 Å². The summed E-state index contributed by atoms with van der Waals surface area (Å²) in [6.45, 7) is 3.90. The third-order valence-corrected chi connectivity index (χ3v) is 2.64. The van der Waals surface area contributed by atoms with E-state index in [1.165, 1.54) is 5.56 Å². The van der Waals surface area contributed by atoms with Crippen LogP contribution >= 0.6 is 0 Å². The predicted octanol–water partition coefficient (Wildman–Crippen LogP) is 3.49. The third-order valence-electron chi connectivity index (χ3n) is 2.64. The Labute approximate surface area is 98.1 Å². The van der Waals surface area contributed by atoms with Gasteiger partial charge in [-0.25, -0.2) is 0 Å². The summed E-state index contributed by atoms with van der Waals surface area (Å²) in [5.74, 6) is 0. The van der Waals surface area contributed by atoms with Crippen molar-refractivity contribution in [3.63, 3.8) is 0 Å². The van der Waals surface area contributed by atoms with Gasteiger partial charge in [0.1, 0.15) is 0 Å². The molecule has 0 aromatic heterocycles. The highest BCUT2D eigenvalue weighted by atomic mass is 16.3. The van der Waals surface area contributed by atoms with E-state index in [0.717, 1.165) is 24.8 Å². The number of aliphatic hydroxyl groups is 1. The molecule has 0 spiro atoms. The van der Waals surface area contributed by atoms with Crippen LogP contribution in [0.15, 0.2) is 47.7 Å². The molecule has 0 aliphatic carbocycles. The lowest BCUT2D eigenvalue weighted by Crippen LogP contribution is -2.04. The summed E-state index contributed by atoms with van der Waals surface area (Å²) in [5, 5.41) is 9.52. The number of rotatable bonds is 5. The van der Waals surface area contributed by atoms with Gasteiger partial charge < -0.3 is 5.11 Å². The van der Waals surface area contributed by atoms with Crippen molar-refractivity contribution in [2.24, 2.45) is 0 Å². The van der Waals surface area contributed by atoms with Gasteiger partial charge >= 0.3 is 0 Å². The monoisotopic (exact) mass is 216 g/mol. The molecule has 0 bridgehead atoms. The molecule has 1 aromatic rings. The summed E-state index contributed by atoms with van der Waals surface area (Å²) in [4.78, 5) is 0. The van der Waals surface area contributed by atoms with Crippen molar-refractivity contribution < 1.29 is 5.11 Å². The molecule has 0 heterocycles. The molecule has 1 rings (SSSR count). The minimum atomic E-state index is -0.340. The van der Waals surface area contributed by atoms with E-state index in [0.29, 0.717) is 0 Å². The number of hydrogen-bond donors (Lipinski definition) is 1. The van der Waals surface area contributed by atoms with Crippen molar-refractivity contribution in [3.8, 4) is 0 Å². The van der Waals surface area contributed by atoms with Crippen LogP contribution < -0.4 is 0 Å². The first-order valence-corrected chi connectivity index (χ1v) is 5.87. The van der Waals surface area contributed by atoms with Crippen LogP contribution in [0.1, 0.15) is 32.3 Å². The van der Waals surface area contributed by atoms with E-state index in [2.05, 4.69) is 30.0 Å². The van der Waals surface area contributed by atoms with Gasteiger partial charge in [-0.2, -0.15) is 0 Å². The zero-order valence-corrected chi connectivity index (χ0v) is 10.1. The molecule has 86 valence electrons. The standard InChI is InChI=1S/C15H20O/c1-3-15(16)13(2)9-7-8-12-14-10-5-4-6-11-14/h4-7,10-11,15-16H,3,8,12H2,1-2H3. The molecule has 0 amide bonds. The highest BCUT2D eigenvalue weighted by Crippen LogP contribution is 2.05. The Morgan fingerprint density at radius 1 is 1.38 bits per heavy atom. The molecule has 1 aromatic carbocycles. The van der Waals surface area contributed by atoms with E-state index >= 15 is 0 Å². The van der Waals surface area contributed by atoms with E-state index in [1.54, 1.807) is 0 Å². The quantitative estimate of drug-likeness (QED) is 0.747. The molecule has 0 saturated carbocycles. The second kappa shape index (κ2) is 7.05. The van der Waals surface area contributed by atoms with Gasteiger partial charge in [0, 0.05) is 0 Å². The van der Waals surface area contributed by atoms with Gasteiger partial charge in [-0.3, -0.25) is 0 Å². The number of aryl methyl sites for hydroxylation is 1. The van der Waals surface area contributed by atoms with Crippen LogP contribution in [0.25, 0.3) is 0 Å². The van der Waals surface area contributed by atoms with E-state index < -0.39 is 0 Å². The molecule has 16 heavy (non-hydrogen) atoms. The summed E-state index contributed by atoms with van der Waals surface area (Å²) in [6.07, 6.45) is 4.43. The van der Waals surface area contributed by atoms with Crippen LogP contribution in [0.4, 0.5) is 0 Å². The van der Waals surface area contributed by atoms with Gasteiger partial charge in [0.15, 0.2) is 0 Å². The van der Waals surface area contributed by atoms with Crippen molar-refractivity contribution in [1.29, 1.82) is 0 Å². The minimum absolute atomic E-state index is 0.340. The normalized spacial score (nSPS) is 11.7. The van der Waals surface area contributed by atoms with Crippen LogP contribution in [-0.4, -0.2) is 11.2 Å². The topological polar surface area (TPSA) is 20.2 Å².